The molecule has 6 nitrogen and oxygen atoms in total. The lowest BCUT2D eigenvalue weighted by Crippen LogP contribution is -2.78. The number of hydrogen-bond acceptors (Lipinski definition) is 4. The van der Waals surface area contributed by atoms with Crippen LogP contribution >= 0.6 is 11.6 Å². The molecule has 0 atom stereocenters. The van der Waals surface area contributed by atoms with Crippen LogP contribution in [0.1, 0.15) is 32.1 Å². The number of halogens is 6. The first-order valence-electron chi connectivity index (χ1n) is 10.3. The second kappa shape index (κ2) is 7.64. The Bertz CT molecular complexity index is 1060. The Morgan fingerprint density at radius 2 is 1.82 bits per heavy atom. The molecule has 2 aromatic rings. The minimum atomic E-state index is -4.67. The monoisotopic (exact) mass is 491 g/mol. The zero-order valence-corrected chi connectivity index (χ0v) is 17.8. The number of imidazole rings is 1. The Labute approximate surface area is 190 Å². The van der Waals surface area contributed by atoms with Gasteiger partial charge in [-0.3, -0.25) is 9.53 Å². The summed E-state index contributed by atoms with van der Waals surface area (Å²) >= 11 is 5.67. The van der Waals surface area contributed by atoms with Crippen LogP contribution in [0.25, 0.3) is 11.3 Å². The fourth-order valence-electron chi connectivity index (χ4n) is 5.10. The fourth-order valence-corrected chi connectivity index (χ4v) is 5.29. The van der Waals surface area contributed by atoms with Crippen LogP contribution in [-0.4, -0.2) is 46.2 Å². The molecule has 0 saturated heterocycles. The Morgan fingerprint density at radius 3 is 2.42 bits per heavy atom. The summed E-state index contributed by atoms with van der Waals surface area (Å²) in [6.07, 6.45) is -0.816. The zero-order valence-electron chi connectivity index (χ0n) is 17.1. The van der Waals surface area contributed by atoms with Gasteiger partial charge in [0, 0.05) is 29.6 Å². The van der Waals surface area contributed by atoms with Crippen LogP contribution in [0.2, 0.25) is 5.02 Å². The van der Waals surface area contributed by atoms with E-state index in [9.17, 15) is 26.7 Å². The van der Waals surface area contributed by atoms with E-state index in [-0.39, 0.29) is 52.7 Å². The Hall–Kier alpha value is -2.24. The van der Waals surface area contributed by atoms with Gasteiger partial charge in [-0.25, -0.2) is 13.8 Å². The molecule has 4 aliphatic rings. The molecule has 0 radical (unpaired) electrons. The summed E-state index contributed by atoms with van der Waals surface area (Å²) in [5.74, 6) is -1.93. The van der Waals surface area contributed by atoms with Crippen molar-refractivity contribution in [2.45, 2.75) is 61.8 Å². The average Bonchev–Trinajstić information content (AvgIpc) is 3.06. The predicted octanol–water partition coefficient (Wildman–Crippen LogP) is 4.31. The lowest BCUT2D eigenvalue weighted by molar-refractivity contribution is -0.357. The van der Waals surface area contributed by atoms with Crippen molar-refractivity contribution in [1.29, 1.82) is 0 Å². The molecule has 1 aromatic heterocycles. The highest BCUT2D eigenvalue weighted by atomic mass is 35.5. The first kappa shape index (κ1) is 22.5. The Balaban J connectivity index is 1.10. The summed E-state index contributed by atoms with van der Waals surface area (Å²) in [5.41, 5.74) is -0.729. The van der Waals surface area contributed by atoms with Gasteiger partial charge in [0.25, 0.3) is 0 Å². The summed E-state index contributed by atoms with van der Waals surface area (Å²) in [6, 6.07) is 2.05. The van der Waals surface area contributed by atoms with E-state index >= 15 is 0 Å². The molecule has 4 aliphatic carbocycles. The minimum absolute atomic E-state index is 0.0407. The summed E-state index contributed by atoms with van der Waals surface area (Å²) in [6.45, 7) is -0.234. The molecule has 4 fully saturated rings. The SMILES string of the molecule is O=C(CO[C@H]1C[C@@H](OC(F)(F)F)C1)NC12CC(n3cnc(-c4c(F)cc(Cl)cc4F)c3)(C1)C2. The van der Waals surface area contributed by atoms with Crippen molar-refractivity contribution in [3.05, 3.63) is 41.3 Å². The van der Waals surface area contributed by atoms with E-state index in [4.69, 9.17) is 16.3 Å². The highest BCUT2D eigenvalue weighted by molar-refractivity contribution is 6.30. The average molecular weight is 492 g/mol. The molecule has 1 aromatic carbocycles. The Kier molecular flexibility index (Phi) is 5.22. The van der Waals surface area contributed by atoms with E-state index in [1.807, 2.05) is 4.57 Å². The highest BCUT2D eigenvalue weighted by Gasteiger charge is 2.69. The normalized spacial score (nSPS) is 30.2. The number of benzene rings is 1. The van der Waals surface area contributed by atoms with E-state index in [0.29, 0.717) is 19.3 Å². The molecule has 2 bridgehead atoms. The lowest BCUT2D eigenvalue weighted by Gasteiger charge is -2.70. The van der Waals surface area contributed by atoms with Gasteiger partial charge in [0.15, 0.2) is 0 Å². The van der Waals surface area contributed by atoms with Gasteiger partial charge in [-0.05, 0) is 31.4 Å². The Morgan fingerprint density at radius 1 is 1.18 bits per heavy atom. The molecule has 0 aliphatic heterocycles. The summed E-state index contributed by atoms with van der Waals surface area (Å²) in [7, 11) is 0. The predicted molar refractivity (Wildman–Crippen MR) is 105 cm³/mol. The standard InChI is InChI=1S/C21H19ClF5N3O3/c22-11-1-14(23)18(15(24)2-11)16-5-30(10-28-16)20-7-19(8-20,9-20)29-17(31)6-32-12-3-13(4-12)33-21(25,26)27/h1-2,5,10,12-13H,3-4,6-9H2,(H,29,31)/t12-,13+,19?,20?. The molecule has 6 rings (SSSR count). The minimum Gasteiger partial charge on any atom is -0.368 e. The molecular weight excluding hydrogens is 473 g/mol. The van der Waals surface area contributed by atoms with Crippen LogP contribution in [0.15, 0.2) is 24.7 Å². The van der Waals surface area contributed by atoms with E-state index in [1.165, 1.54) is 6.33 Å². The maximum Gasteiger partial charge on any atom is 0.522 e. The molecule has 0 spiro atoms. The maximum absolute atomic E-state index is 14.2. The van der Waals surface area contributed by atoms with Gasteiger partial charge < -0.3 is 14.6 Å². The smallest absolute Gasteiger partial charge is 0.368 e. The molecule has 1 amide bonds. The third-order valence-corrected chi connectivity index (χ3v) is 6.82. The number of hydrogen-bond donors (Lipinski definition) is 1. The van der Waals surface area contributed by atoms with Gasteiger partial charge in [-0.2, -0.15) is 0 Å². The van der Waals surface area contributed by atoms with Gasteiger partial charge in [-0.15, -0.1) is 13.2 Å². The van der Waals surface area contributed by atoms with Crippen LogP contribution < -0.4 is 5.32 Å². The van der Waals surface area contributed by atoms with Crippen LogP contribution in [0.5, 0.6) is 0 Å². The van der Waals surface area contributed by atoms with E-state index < -0.39 is 30.2 Å². The lowest BCUT2D eigenvalue weighted by atomic mass is 9.44. The quantitative estimate of drug-likeness (QED) is 0.586. The van der Waals surface area contributed by atoms with E-state index in [1.54, 1.807) is 6.20 Å². The number of alkyl halides is 3. The third kappa shape index (κ3) is 4.22. The van der Waals surface area contributed by atoms with Crippen molar-refractivity contribution in [2.24, 2.45) is 0 Å². The van der Waals surface area contributed by atoms with Crippen molar-refractivity contribution in [3.63, 3.8) is 0 Å². The summed E-state index contributed by atoms with van der Waals surface area (Å²) in [5, 5.41) is 2.88. The van der Waals surface area contributed by atoms with Gasteiger partial charge >= 0.3 is 6.36 Å². The number of rotatable bonds is 7. The van der Waals surface area contributed by atoms with Crippen LogP contribution in [0, 0.1) is 11.6 Å². The molecule has 4 saturated carbocycles. The first-order chi connectivity index (χ1) is 15.5. The van der Waals surface area contributed by atoms with Crippen LogP contribution in [-0.2, 0) is 19.8 Å². The first-order valence-corrected chi connectivity index (χ1v) is 10.7. The number of nitrogens with one attached hydrogen (secondary N) is 1. The number of carbonyl (C=O) groups excluding carboxylic acids is 1. The zero-order chi connectivity index (χ0) is 23.6. The second-order valence-electron chi connectivity index (χ2n) is 9.08. The van der Waals surface area contributed by atoms with Crippen LogP contribution in [0.3, 0.4) is 0 Å². The highest BCUT2D eigenvalue weighted by Crippen LogP contribution is 2.65. The molecule has 12 heteroatoms. The number of nitrogens with zero attached hydrogens (tertiary/aromatic N) is 2. The maximum atomic E-state index is 14.2. The van der Waals surface area contributed by atoms with E-state index in [0.717, 1.165) is 12.1 Å². The van der Waals surface area contributed by atoms with Gasteiger partial charge in [0.05, 0.1) is 35.3 Å². The number of carbonyl (C=O) groups is 1. The summed E-state index contributed by atoms with van der Waals surface area (Å²) in [4.78, 5) is 16.3. The molecule has 0 unspecified atom stereocenters. The summed E-state index contributed by atoms with van der Waals surface area (Å²) < 4.78 is 75.8. The van der Waals surface area contributed by atoms with Crippen molar-refractivity contribution >= 4 is 17.5 Å². The van der Waals surface area contributed by atoms with Crippen molar-refractivity contribution in [3.8, 4) is 11.3 Å². The molecule has 33 heavy (non-hydrogen) atoms. The number of ether oxygens (including phenoxy) is 2. The van der Waals surface area contributed by atoms with Crippen molar-refractivity contribution in [1.82, 2.24) is 14.9 Å². The second-order valence-corrected chi connectivity index (χ2v) is 9.52. The third-order valence-electron chi connectivity index (χ3n) is 6.60. The van der Waals surface area contributed by atoms with Crippen molar-refractivity contribution < 1.29 is 36.2 Å². The molecule has 1 N–H and O–H groups in total. The topological polar surface area (TPSA) is 65.4 Å². The van der Waals surface area contributed by atoms with Gasteiger partial charge in [0.1, 0.15) is 18.2 Å². The number of amides is 1. The van der Waals surface area contributed by atoms with E-state index in [2.05, 4.69) is 15.0 Å². The largest absolute Gasteiger partial charge is 0.522 e. The molecule has 178 valence electrons. The number of aromatic nitrogens is 2. The fraction of sp³-hybridized carbons (Fsp3) is 0.524. The van der Waals surface area contributed by atoms with Gasteiger partial charge in [0.2, 0.25) is 5.91 Å². The molecular formula is C21H19ClF5N3O3. The van der Waals surface area contributed by atoms with Gasteiger partial charge in [-0.1, -0.05) is 11.6 Å². The van der Waals surface area contributed by atoms with Crippen LogP contribution in [0.4, 0.5) is 22.0 Å². The van der Waals surface area contributed by atoms with Crippen molar-refractivity contribution in [2.75, 3.05) is 6.61 Å². The molecule has 1 heterocycles.